The number of aromatic nitrogens is 5. The largest absolute Gasteiger partial charge is 0.368 e. The zero-order valence-electron chi connectivity index (χ0n) is 9.03. The molecule has 0 bridgehead atoms. The van der Waals surface area contributed by atoms with E-state index in [2.05, 4.69) is 30.5 Å². The number of fused-ring (bicyclic) bond motifs is 1. The third-order valence-corrected chi connectivity index (χ3v) is 3.46. The maximum Gasteiger partial charge on any atom is 0.213 e. The second-order valence-electron chi connectivity index (χ2n) is 3.19. The first kappa shape index (κ1) is 11.7. The van der Waals surface area contributed by atoms with Gasteiger partial charge in [-0.1, -0.05) is 0 Å². The van der Waals surface area contributed by atoms with Crippen LogP contribution in [0.5, 0.6) is 0 Å². The van der Waals surface area contributed by atoms with E-state index in [-0.39, 0.29) is 12.3 Å². The molecule has 9 nitrogen and oxygen atoms in total. The Balaban J connectivity index is 2.07. The van der Waals surface area contributed by atoms with Crippen LogP contribution in [-0.4, -0.2) is 52.8 Å². The molecule has 0 aliphatic rings. The van der Waals surface area contributed by atoms with Gasteiger partial charge in [-0.3, -0.25) is 4.98 Å². The number of nitrogens with one attached hydrogen (secondary N) is 2. The second kappa shape index (κ2) is 4.59. The Bertz CT molecular complexity index is 607. The van der Waals surface area contributed by atoms with E-state index < -0.39 is 10.0 Å². The van der Waals surface area contributed by atoms with Crippen molar-refractivity contribution in [1.29, 1.82) is 0 Å². The molecule has 0 saturated heterocycles. The third kappa shape index (κ3) is 2.65. The minimum absolute atomic E-state index is 0.0397. The van der Waals surface area contributed by atoms with Crippen LogP contribution in [0.4, 0.5) is 5.82 Å². The highest BCUT2D eigenvalue weighted by molar-refractivity contribution is 7.89. The van der Waals surface area contributed by atoms with Crippen molar-refractivity contribution in [3.63, 3.8) is 0 Å². The number of hydrogen-bond donors (Lipinski definition) is 2. The molecule has 92 valence electrons. The van der Waals surface area contributed by atoms with Gasteiger partial charge in [-0.2, -0.15) is 4.52 Å². The van der Waals surface area contributed by atoms with Gasteiger partial charge in [0.1, 0.15) is 5.82 Å². The van der Waals surface area contributed by atoms with Gasteiger partial charge >= 0.3 is 0 Å². The van der Waals surface area contributed by atoms with E-state index in [1.165, 1.54) is 24.0 Å². The minimum Gasteiger partial charge on any atom is -0.368 e. The van der Waals surface area contributed by atoms with Gasteiger partial charge in [0, 0.05) is 6.54 Å². The van der Waals surface area contributed by atoms with Gasteiger partial charge < -0.3 is 5.32 Å². The molecular formula is C7H11N7O2S. The summed E-state index contributed by atoms with van der Waals surface area (Å²) in [6.07, 6.45) is 3.03. The van der Waals surface area contributed by atoms with Crippen molar-refractivity contribution in [1.82, 2.24) is 29.7 Å². The fourth-order valence-corrected chi connectivity index (χ4v) is 1.79. The summed E-state index contributed by atoms with van der Waals surface area (Å²) in [7, 11) is -1.85. The summed E-state index contributed by atoms with van der Waals surface area (Å²) in [5, 5.41) is 13.9. The van der Waals surface area contributed by atoms with Gasteiger partial charge in [-0.25, -0.2) is 13.1 Å². The topological polar surface area (TPSA) is 114 Å². The predicted molar refractivity (Wildman–Crippen MR) is 59.9 cm³/mol. The Hall–Kier alpha value is -1.81. The molecule has 0 saturated carbocycles. The molecule has 0 aromatic carbocycles. The number of hydrogen-bond acceptors (Lipinski definition) is 7. The summed E-state index contributed by atoms with van der Waals surface area (Å²) in [6, 6.07) is 0. The van der Waals surface area contributed by atoms with Crippen LogP contribution >= 0.6 is 0 Å². The molecule has 2 aromatic heterocycles. The van der Waals surface area contributed by atoms with Crippen molar-refractivity contribution in [3.8, 4) is 0 Å². The normalized spacial score (nSPS) is 11.8. The van der Waals surface area contributed by atoms with Crippen LogP contribution in [-0.2, 0) is 10.0 Å². The maximum absolute atomic E-state index is 11.2. The van der Waals surface area contributed by atoms with Crippen molar-refractivity contribution in [3.05, 3.63) is 12.4 Å². The number of tetrazole rings is 1. The molecule has 2 heterocycles. The van der Waals surface area contributed by atoms with E-state index in [1.807, 2.05) is 0 Å². The SMILES string of the molecule is CNS(=O)(=O)CCNc1cncc2nnnn12. The third-order valence-electron chi connectivity index (χ3n) is 2.10. The van der Waals surface area contributed by atoms with Crippen LogP contribution in [0.2, 0.25) is 0 Å². The van der Waals surface area contributed by atoms with E-state index >= 15 is 0 Å². The predicted octanol–water partition coefficient (Wildman–Crippen LogP) is -1.52. The van der Waals surface area contributed by atoms with Crippen LogP contribution in [0.15, 0.2) is 12.4 Å². The molecule has 0 aliphatic heterocycles. The fraction of sp³-hybridized carbons (Fsp3) is 0.429. The first-order chi connectivity index (χ1) is 8.12. The average molecular weight is 257 g/mol. The van der Waals surface area contributed by atoms with Crippen LogP contribution in [0, 0.1) is 0 Å². The van der Waals surface area contributed by atoms with Crippen molar-refractivity contribution < 1.29 is 8.42 Å². The van der Waals surface area contributed by atoms with E-state index in [1.54, 1.807) is 0 Å². The van der Waals surface area contributed by atoms with Crippen molar-refractivity contribution in [2.45, 2.75) is 0 Å². The van der Waals surface area contributed by atoms with Crippen LogP contribution in [0.25, 0.3) is 5.65 Å². The zero-order valence-corrected chi connectivity index (χ0v) is 9.85. The molecule has 0 spiro atoms. The molecular weight excluding hydrogens is 246 g/mol. The highest BCUT2D eigenvalue weighted by Crippen LogP contribution is 2.04. The number of sulfonamides is 1. The van der Waals surface area contributed by atoms with Gasteiger partial charge in [0.15, 0.2) is 5.65 Å². The lowest BCUT2D eigenvalue weighted by molar-refractivity contribution is 0.588. The maximum atomic E-state index is 11.2. The molecule has 2 N–H and O–H groups in total. The van der Waals surface area contributed by atoms with Crippen molar-refractivity contribution >= 4 is 21.5 Å². The standard InChI is InChI=1S/C7H11N7O2S/c1-8-17(15,16)3-2-10-6-4-9-5-7-11-12-13-14(6)7/h4-5,8,10H,2-3H2,1H3. The fourth-order valence-electron chi connectivity index (χ4n) is 1.21. The minimum atomic E-state index is -3.22. The summed E-state index contributed by atoms with van der Waals surface area (Å²) < 4.78 is 26.1. The first-order valence-electron chi connectivity index (χ1n) is 4.79. The Labute approximate surface area is 97.3 Å². The van der Waals surface area contributed by atoms with Gasteiger partial charge in [-0.05, 0) is 17.5 Å². The van der Waals surface area contributed by atoms with E-state index in [9.17, 15) is 8.42 Å². The van der Waals surface area contributed by atoms with Gasteiger partial charge in [0.25, 0.3) is 0 Å². The number of rotatable bonds is 5. The van der Waals surface area contributed by atoms with Crippen molar-refractivity contribution in [2.75, 3.05) is 24.7 Å². The molecule has 0 amide bonds. The van der Waals surface area contributed by atoms with Crippen molar-refractivity contribution in [2.24, 2.45) is 0 Å². The first-order valence-corrected chi connectivity index (χ1v) is 6.45. The summed E-state index contributed by atoms with van der Waals surface area (Å²) in [6.45, 7) is 0.240. The zero-order chi connectivity index (χ0) is 12.3. The van der Waals surface area contributed by atoms with Crippen LogP contribution < -0.4 is 10.0 Å². The Morgan fingerprint density at radius 1 is 1.41 bits per heavy atom. The summed E-state index contributed by atoms with van der Waals surface area (Å²) in [5.41, 5.74) is 0.492. The molecule has 0 atom stereocenters. The van der Waals surface area contributed by atoms with Crippen LogP contribution in [0.3, 0.4) is 0 Å². The molecule has 2 aromatic rings. The van der Waals surface area contributed by atoms with E-state index in [0.29, 0.717) is 11.5 Å². The molecule has 17 heavy (non-hydrogen) atoms. The molecule has 0 radical (unpaired) electrons. The van der Waals surface area contributed by atoms with Crippen LogP contribution in [0.1, 0.15) is 0 Å². The lowest BCUT2D eigenvalue weighted by Crippen LogP contribution is -2.26. The number of anilines is 1. The summed E-state index contributed by atoms with van der Waals surface area (Å²) in [4.78, 5) is 3.93. The highest BCUT2D eigenvalue weighted by atomic mass is 32.2. The number of nitrogens with zero attached hydrogens (tertiary/aromatic N) is 5. The second-order valence-corrected chi connectivity index (χ2v) is 5.24. The molecule has 10 heteroatoms. The van der Waals surface area contributed by atoms with Gasteiger partial charge in [0.2, 0.25) is 10.0 Å². The Morgan fingerprint density at radius 3 is 3.00 bits per heavy atom. The van der Waals surface area contributed by atoms with Gasteiger partial charge in [0.05, 0.1) is 18.1 Å². The molecule has 2 rings (SSSR count). The lowest BCUT2D eigenvalue weighted by atomic mass is 10.6. The molecule has 0 fully saturated rings. The van der Waals surface area contributed by atoms with E-state index in [0.717, 1.165) is 0 Å². The Kier molecular flexibility index (Phi) is 3.15. The smallest absolute Gasteiger partial charge is 0.213 e. The monoisotopic (exact) mass is 257 g/mol. The molecule has 0 aliphatic carbocycles. The Morgan fingerprint density at radius 2 is 2.24 bits per heavy atom. The van der Waals surface area contributed by atoms with Gasteiger partial charge in [-0.15, -0.1) is 5.10 Å². The lowest BCUT2D eigenvalue weighted by Gasteiger charge is -2.06. The summed E-state index contributed by atoms with van der Waals surface area (Å²) >= 11 is 0. The quantitative estimate of drug-likeness (QED) is 0.668. The molecule has 0 unspecified atom stereocenters. The summed E-state index contributed by atoms with van der Waals surface area (Å²) in [5.74, 6) is 0.501. The van der Waals surface area contributed by atoms with E-state index in [4.69, 9.17) is 0 Å². The highest BCUT2D eigenvalue weighted by Gasteiger charge is 2.07. The average Bonchev–Trinajstić information content (AvgIpc) is 2.78.